The molecule has 1 saturated heterocycles. The van der Waals surface area contributed by atoms with Crippen LogP contribution in [0.2, 0.25) is 0 Å². The van der Waals surface area contributed by atoms with Gasteiger partial charge in [-0.05, 0) is 25.2 Å². The van der Waals surface area contributed by atoms with Crippen LogP contribution in [0.1, 0.15) is 26.2 Å². The van der Waals surface area contributed by atoms with Crippen molar-refractivity contribution in [2.24, 2.45) is 5.92 Å². The van der Waals surface area contributed by atoms with Crippen molar-refractivity contribution in [1.82, 2.24) is 15.0 Å². The van der Waals surface area contributed by atoms with E-state index in [4.69, 9.17) is 9.47 Å². The van der Waals surface area contributed by atoms with Gasteiger partial charge in [-0.3, -0.25) is 0 Å². The second-order valence-electron chi connectivity index (χ2n) is 4.86. The topological polar surface area (TPSA) is 81.2 Å². The summed E-state index contributed by atoms with van der Waals surface area (Å²) in [6, 6.07) is 0.320. The van der Waals surface area contributed by atoms with Crippen molar-refractivity contribution >= 4 is 11.9 Å². The average Bonchev–Trinajstić information content (AvgIpc) is 2.51. The summed E-state index contributed by atoms with van der Waals surface area (Å²) >= 11 is 0. The third-order valence-electron chi connectivity index (χ3n) is 3.13. The van der Waals surface area contributed by atoms with E-state index < -0.39 is 0 Å². The van der Waals surface area contributed by atoms with Gasteiger partial charge in [0.2, 0.25) is 11.9 Å². The summed E-state index contributed by atoms with van der Waals surface area (Å²) in [7, 11) is 1.55. The zero-order valence-corrected chi connectivity index (χ0v) is 12.2. The van der Waals surface area contributed by atoms with Crippen molar-refractivity contribution in [3.8, 4) is 6.01 Å². The quantitative estimate of drug-likeness (QED) is 0.784. The van der Waals surface area contributed by atoms with Crippen LogP contribution in [0, 0.1) is 5.92 Å². The van der Waals surface area contributed by atoms with Crippen molar-refractivity contribution in [3.05, 3.63) is 0 Å². The number of rotatable bonds is 7. The molecule has 2 rings (SSSR count). The van der Waals surface area contributed by atoms with E-state index in [1.165, 1.54) is 6.42 Å². The minimum absolute atomic E-state index is 0.320. The van der Waals surface area contributed by atoms with Gasteiger partial charge in [-0.15, -0.1) is 0 Å². The number of methoxy groups -OCH3 is 1. The summed E-state index contributed by atoms with van der Waals surface area (Å²) in [4.78, 5) is 12.7. The molecule has 0 spiro atoms. The van der Waals surface area contributed by atoms with Crippen molar-refractivity contribution in [3.63, 3.8) is 0 Å². The Morgan fingerprint density at radius 1 is 1.25 bits per heavy atom. The monoisotopic (exact) mass is 281 g/mol. The van der Waals surface area contributed by atoms with Gasteiger partial charge < -0.3 is 20.1 Å². The van der Waals surface area contributed by atoms with Crippen LogP contribution in [0.4, 0.5) is 11.9 Å². The molecule has 7 nitrogen and oxygen atoms in total. The predicted octanol–water partition coefficient (Wildman–Crippen LogP) is 1.54. The first-order chi connectivity index (χ1) is 9.81. The van der Waals surface area contributed by atoms with E-state index in [1.807, 2.05) is 0 Å². The van der Waals surface area contributed by atoms with Crippen LogP contribution in [0.5, 0.6) is 6.01 Å². The van der Waals surface area contributed by atoms with E-state index in [0.717, 1.165) is 39.1 Å². The molecular formula is C13H23N5O2. The van der Waals surface area contributed by atoms with Crippen molar-refractivity contribution in [1.29, 1.82) is 0 Å². The lowest BCUT2D eigenvalue weighted by molar-refractivity contribution is 0.0594. The first kappa shape index (κ1) is 14.8. The average molecular weight is 281 g/mol. The van der Waals surface area contributed by atoms with Gasteiger partial charge in [-0.1, -0.05) is 6.92 Å². The highest BCUT2D eigenvalue weighted by Gasteiger charge is 2.14. The van der Waals surface area contributed by atoms with E-state index in [2.05, 4.69) is 32.5 Å². The van der Waals surface area contributed by atoms with Crippen molar-refractivity contribution in [2.45, 2.75) is 26.2 Å². The Bertz CT molecular complexity index is 410. The highest BCUT2D eigenvalue weighted by molar-refractivity contribution is 5.35. The number of nitrogens with zero attached hydrogens (tertiary/aromatic N) is 3. The summed E-state index contributed by atoms with van der Waals surface area (Å²) in [6.07, 6.45) is 3.31. The SMILES string of the molecule is CCCNc1nc(NCC2CCCOC2)nc(OC)n1. The Morgan fingerprint density at radius 3 is 2.70 bits per heavy atom. The maximum absolute atomic E-state index is 5.46. The second-order valence-corrected chi connectivity index (χ2v) is 4.86. The van der Waals surface area contributed by atoms with Gasteiger partial charge in [0.25, 0.3) is 0 Å². The third-order valence-corrected chi connectivity index (χ3v) is 3.13. The van der Waals surface area contributed by atoms with Gasteiger partial charge >= 0.3 is 6.01 Å². The van der Waals surface area contributed by atoms with E-state index in [-0.39, 0.29) is 0 Å². The Morgan fingerprint density at radius 2 is 2.05 bits per heavy atom. The van der Waals surface area contributed by atoms with Gasteiger partial charge in [-0.25, -0.2) is 0 Å². The fourth-order valence-corrected chi connectivity index (χ4v) is 2.05. The fourth-order valence-electron chi connectivity index (χ4n) is 2.05. The minimum atomic E-state index is 0.320. The van der Waals surface area contributed by atoms with Crippen LogP contribution in [0.25, 0.3) is 0 Å². The molecular weight excluding hydrogens is 258 g/mol. The standard InChI is InChI=1S/C13H23N5O2/c1-3-6-14-11-16-12(18-13(17-11)19-2)15-8-10-5-4-7-20-9-10/h10H,3-9H2,1-2H3,(H2,14,15,16,17,18). The van der Waals surface area contributed by atoms with Crippen LogP contribution in [-0.2, 0) is 4.74 Å². The molecule has 0 saturated carbocycles. The van der Waals surface area contributed by atoms with E-state index >= 15 is 0 Å². The Balaban J connectivity index is 1.94. The smallest absolute Gasteiger partial charge is 0.322 e. The minimum Gasteiger partial charge on any atom is -0.467 e. The van der Waals surface area contributed by atoms with Crippen molar-refractivity contribution < 1.29 is 9.47 Å². The third kappa shape index (κ3) is 4.48. The maximum Gasteiger partial charge on any atom is 0.322 e. The lowest BCUT2D eigenvalue weighted by atomic mass is 10.0. The molecule has 0 aromatic carbocycles. The molecule has 0 radical (unpaired) electrons. The number of anilines is 2. The lowest BCUT2D eigenvalue weighted by Crippen LogP contribution is -2.25. The summed E-state index contributed by atoms with van der Waals surface area (Å²) in [5.74, 6) is 1.60. The summed E-state index contributed by atoms with van der Waals surface area (Å²) in [5, 5.41) is 6.38. The highest BCUT2D eigenvalue weighted by atomic mass is 16.5. The fraction of sp³-hybridized carbons (Fsp3) is 0.769. The van der Waals surface area contributed by atoms with Gasteiger partial charge in [0.05, 0.1) is 13.7 Å². The van der Waals surface area contributed by atoms with Gasteiger partial charge in [-0.2, -0.15) is 15.0 Å². The number of aromatic nitrogens is 3. The van der Waals surface area contributed by atoms with E-state index in [0.29, 0.717) is 23.8 Å². The van der Waals surface area contributed by atoms with E-state index in [9.17, 15) is 0 Å². The lowest BCUT2D eigenvalue weighted by Gasteiger charge is -2.22. The molecule has 2 N–H and O–H groups in total. The molecule has 1 unspecified atom stereocenters. The summed E-state index contributed by atoms with van der Waals surface area (Å²) in [6.45, 7) is 5.40. The van der Waals surface area contributed by atoms with Gasteiger partial charge in [0.15, 0.2) is 0 Å². The maximum atomic E-state index is 5.46. The van der Waals surface area contributed by atoms with Crippen LogP contribution in [0.15, 0.2) is 0 Å². The number of hydrogen-bond acceptors (Lipinski definition) is 7. The van der Waals surface area contributed by atoms with Gasteiger partial charge in [0, 0.05) is 19.7 Å². The predicted molar refractivity (Wildman–Crippen MR) is 77.2 cm³/mol. The second kappa shape index (κ2) is 7.84. The summed E-state index contributed by atoms with van der Waals surface area (Å²) < 4.78 is 10.6. The molecule has 1 aliphatic heterocycles. The molecule has 1 atom stereocenters. The molecule has 2 heterocycles. The Kier molecular flexibility index (Phi) is 5.79. The number of nitrogens with one attached hydrogen (secondary N) is 2. The Hall–Kier alpha value is -1.63. The molecule has 1 fully saturated rings. The molecule has 7 heteroatoms. The largest absolute Gasteiger partial charge is 0.467 e. The van der Waals surface area contributed by atoms with Crippen LogP contribution < -0.4 is 15.4 Å². The molecule has 0 aliphatic carbocycles. The van der Waals surface area contributed by atoms with Crippen molar-refractivity contribution in [2.75, 3.05) is 44.0 Å². The van der Waals surface area contributed by atoms with Crippen LogP contribution in [-0.4, -0.2) is 48.4 Å². The molecule has 112 valence electrons. The zero-order chi connectivity index (χ0) is 14.2. The van der Waals surface area contributed by atoms with Crippen LogP contribution >= 0.6 is 0 Å². The normalized spacial score (nSPS) is 18.6. The molecule has 20 heavy (non-hydrogen) atoms. The first-order valence-corrected chi connectivity index (χ1v) is 7.17. The first-order valence-electron chi connectivity index (χ1n) is 7.17. The summed E-state index contributed by atoms with van der Waals surface area (Å²) in [5.41, 5.74) is 0. The van der Waals surface area contributed by atoms with Crippen LogP contribution in [0.3, 0.4) is 0 Å². The molecule has 1 aromatic heterocycles. The van der Waals surface area contributed by atoms with E-state index in [1.54, 1.807) is 7.11 Å². The Labute approximate surface area is 119 Å². The molecule has 1 aliphatic rings. The molecule has 0 amide bonds. The number of hydrogen-bond donors (Lipinski definition) is 2. The molecule has 1 aromatic rings. The zero-order valence-electron chi connectivity index (χ0n) is 12.2. The molecule has 0 bridgehead atoms. The van der Waals surface area contributed by atoms with Gasteiger partial charge in [0.1, 0.15) is 0 Å². The number of ether oxygens (including phenoxy) is 2. The highest BCUT2D eigenvalue weighted by Crippen LogP contribution is 2.15.